The van der Waals surface area contributed by atoms with E-state index in [2.05, 4.69) is 21.9 Å². The number of ketones is 1. The molecule has 0 unspecified atom stereocenters. The van der Waals surface area contributed by atoms with Gasteiger partial charge in [-0.05, 0) is 56.4 Å². The lowest BCUT2D eigenvalue weighted by Crippen LogP contribution is -2.46. The molecule has 0 N–H and O–H groups in total. The summed E-state index contributed by atoms with van der Waals surface area (Å²) in [6.07, 6.45) is 5.74. The summed E-state index contributed by atoms with van der Waals surface area (Å²) >= 11 is 0. The van der Waals surface area contributed by atoms with Gasteiger partial charge in [0.15, 0.2) is 5.78 Å². The third-order valence-corrected chi connectivity index (χ3v) is 7.26. The first kappa shape index (κ1) is 22.1. The van der Waals surface area contributed by atoms with Gasteiger partial charge in [-0.2, -0.15) is 0 Å². The van der Waals surface area contributed by atoms with Crippen molar-refractivity contribution in [1.82, 2.24) is 4.90 Å². The average Bonchev–Trinajstić information content (AvgIpc) is 3.29. The zero-order valence-electron chi connectivity index (χ0n) is 19.6. The molecule has 1 aliphatic carbocycles. The maximum Gasteiger partial charge on any atom is 0.170 e. The Morgan fingerprint density at radius 2 is 1.82 bits per heavy atom. The summed E-state index contributed by atoms with van der Waals surface area (Å²) in [6.45, 7) is 5.75. The van der Waals surface area contributed by atoms with Crippen LogP contribution in [0.15, 0.2) is 42.5 Å². The molecule has 2 aliphatic heterocycles. The average molecular weight is 451 g/mol. The Labute approximate surface area is 196 Å². The van der Waals surface area contributed by atoms with Crippen LogP contribution in [0.5, 0.6) is 17.2 Å². The second kappa shape index (κ2) is 9.64. The summed E-state index contributed by atoms with van der Waals surface area (Å²) in [4.78, 5) is 17.5. The summed E-state index contributed by atoms with van der Waals surface area (Å²) in [5, 5.41) is 0. The highest BCUT2D eigenvalue weighted by atomic mass is 16.5. The van der Waals surface area contributed by atoms with Crippen LogP contribution in [-0.2, 0) is 0 Å². The van der Waals surface area contributed by atoms with Crippen LogP contribution in [-0.4, -0.2) is 62.7 Å². The Hall–Kier alpha value is -2.73. The summed E-state index contributed by atoms with van der Waals surface area (Å²) in [5.41, 5.74) is 1.61. The van der Waals surface area contributed by atoms with Crippen LogP contribution in [0.25, 0.3) is 0 Å². The first-order chi connectivity index (χ1) is 16.2. The number of Topliss-reactive ketones (excluding diaryl/α,β-unsaturated/α-hetero) is 1. The number of carbonyl (C=O) groups is 1. The predicted molar refractivity (Wildman–Crippen MR) is 129 cm³/mol. The Bertz CT molecular complexity index is 978. The van der Waals surface area contributed by atoms with Crippen molar-refractivity contribution in [3.8, 4) is 17.2 Å². The number of anilines is 1. The van der Waals surface area contributed by atoms with Crippen LogP contribution in [0.3, 0.4) is 0 Å². The fraction of sp³-hybridized carbons (Fsp3) is 0.519. The van der Waals surface area contributed by atoms with Crippen molar-refractivity contribution < 1.29 is 19.0 Å². The normalized spacial score (nSPS) is 19.9. The summed E-state index contributed by atoms with van der Waals surface area (Å²) in [6, 6.07) is 13.9. The van der Waals surface area contributed by atoms with Gasteiger partial charge in [0.25, 0.3) is 0 Å². The molecule has 1 spiro atoms. The molecular formula is C27H34N2O4. The second-order valence-electron chi connectivity index (χ2n) is 9.45. The molecule has 6 heteroatoms. The van der Waals surface area contributed by atoms with Crippen LogP contribution in [0.4, 0.5) is 5.69 Å². The minimum Gasteiger partial charge on any atom is -0.495 e. The SMILES string of the molecule is COc1ccccc1N1CCN(CCCOc2ccc3c(c2)OC2(CCCC2)CC3=O)CC1. The van der Waals surface area contributed by atoms with E-state index in [0.29, 0.717) is 24.3 Å². The van der Waals surface area contributed by atoms with E-state index in [4.69, 9.17) is 14.2 Å². The number of para-hydroxylation sites is 2. The van der Waals surface area contributed by atoms with Gasteiger partial charge in [-0.3, -0.25) is 9.69 Å². The monoisotopic (exact) mass is 450 g/mol. The smallest absolute Gasteiger partial charge is 0.170 e. The molecule has 0 amide bonds. The lowest BCUT2D eigenvalue weighted by atomic mass is 9.88. The van der Waals surface area contributed by atoms with E-state index in [0.717, 1.165) is 76.3 Å². The van der Waals surface area contributed by atoms with Gasteiger partial charge in [-0.25, -0.2) is 0 Å². The molecule has 0 bridgehead atoms. The molecule has 33 heavy (non-hydrogen) atoms. The largest absolute Gasteiger partial charge is 0.495 e. The van der Waals surface area contributed by atoms with Gasteiger partial charge in [0.1, 0.15) is 22.8 Å². The third kappa shape index (κ3) is 4.81. The molecule has 0 aromatic heterocycles. The number of carbonyl (C=O) groups excluding carboxylic acids is 1. The van der Waals surface area contributed by atoms with E-state index in [1.54, 1.807) is 7.11 Å². The Morgan fingerprint density at radius 3 is 2.61 bits per heavy atom. The molecule has 6 nitrogen and oxygen atoms in total. The van der Waals surface area contributed by atoms with Crippen molar-refractivity contribution in [3.63, 3.8) is 0 Å². The van der Waals surface area contributed by atoms with Gasteiger partial charge in [0, 0.05) is 38.8 Å². The molecule has 1 saturated heterocycles. The van der Waals surface area contributed by atoms with Crippen LogP contribution < -0.4 is 19.1 Å². The van der Waals surface area contributed by atoms with Crippen molar-refractivity contribution in [2.24, 2.45) is 0 Å². The molecule has 0 radical (unpaired) electrons. The lowest BCUT2D eigenvalue weighted by Gasteiger charge is -2.36. The molecule has 176 valence electrons. The Balaban J connectivity index is 1.08. The summed E-state index contributed by atoms with van der Waals surface area (Å²) < 4.78 is 17.9. The molecule has 2 aromatic rings. The number of benzene rings is 2. The maximum absolute atomic E-state index is 12.6. The van der Waals surface area contributed by atoms with E-state index in [1.165, 1.54) is 5.69 Å². The predicted octanol–water partition coefficient (Wildman–Crippen LogP) is 4.56. The van der Waals surface area contributed by atoms with Crippen LogP contribution in [0.2, 0.25) is 0 Å². The number of nitrogens with zero attached hydrogens (tertiary/aromatic N) is 2. The number of piperazine rings is 1. The molecule has 5 rings (SSSR count). The number of rotatable bonds is 7. The number of hydrogen-bond acceptors (Lipinski definition) is 6. The molecule has 2 fully saturated rings. The molecule has 2 heterocycles. The van der Waals surface area contributed by atoms with Gasteiger partial charge in [0.2, 0.25) is 0 Å². The summed E-state index contributed by atoms with van der Waals surface area (Å²) in [5.74, 6) is 2.64. The van der Waals surface area contributed by atoms with Crippen molar-refractivity contribution in [2.45, 2.75) is 44.1 Å². The molecule has 1 saturated carbocycles. The quantitative estimate of drug-likeness (QED) is 0.576. The fourth-order valence-electron chi connectivity index (χ4n) is 5.44. The maximum atomic E-state index is 12.6. The highest BCUT2D eigenvalue weighted by molar-refractivity contribution is 6.00. The zero-order valence-corrected chi connectivity index (χ0v) is 19.6. The van der Waals surface area contributed by atoms with Crippen molar-refractivity contribution in [3.05, 3.63) is 48.0 Å². The van der Waals surface area contributed by atoms with Gasteiger partial charge >= 0.3 is 0 Å². The second-order valence-corrected chi connectivity index (χ2v) is 9.45. The van der Waals surface area contributed by atoms with E-state index in [9.17, 15) is 4.79 Å². The standard InChI is InChI=1S/C27H34N2O4/c1-31-25-8-3-2-7-23(25)29-16-14-28(15-17-29)13-6-18-32-21-9-10-22-24(30)20-27(11-4-5-12-27)33-26(22)19-21/h2-3,7-10,19H,4-6,11-18,20H2,1H3. The van der Waals surface area contributed by atoms with Crippen molar-refractivity contribution in [1.29, 1.82) is 0 Å². The fourth-order valence-corrected chi connectivity index (χ4v) is 5.44. The Kier molecular flexibility index (Phi) is 6.45. The highest BCUT2D eigenvalue weighted by Gasteiger charge is 2.42. The van der Waals surface area contributed by atoms with Crippen LogP contribution in [0.1, 0.15) is 48.9 Å². The summed E-state index contributed by atoms with van der Waals surface area (Å²) in [7, 11) is 1.73. The Morgan fingerprint density at radius 1 is 1.03 bits per heavy atom. The third-order valence-electron chi connectivity index (χ3n) is 7.26. The van der Waals surface area contributed by atoms with Gasteiger partial charge in [0.05, 0.1) is 31.4 Å². The number of fused-ring (bicyclic) bond motifs is 1. The molecule has 3 aliphatic rings. The van der Waals surface area contributed by atoms with Crippen LogP contribution in [0, 0.1) is 0 Å². The minimum atomic E-state index is -0.269. The molecule has 0 atom stereocenters. The van der Waals surface area contributed by atoms with Crippen molar-refractivity contribution >= 4 is 11.5 Å². The zero-order chi connectivity index (χ0) is 22.7. The number of methoxy groups -OCH3 is 1. The van der Waals surface area contributed by atoms with E-state index >= 15 is 0 Å². The molecule has 2 aromatic carbocycles. The van der Waals surface area contributed by atoms with Gasteiger partial charge in [-0.1, -0.05) is 12.1 Å². The number of ether oxygens (including phenoxy) is 3. The van der Waals surface area contributed by atoms with Gasteiger partial charge < -0.3 is 19.1 Å². The molecular weight excluding hydrogens is 416 g/mol. The first-order valence-electron chi connectivity index (χ1n) is 12.3. The minimum absolute atomic E-state index is 0.206. The van der Waals surface area contributed by atoms with E-state index < -0.39 is 0 Å². The lowest BCUT2D eigenvalue weighted by molar-refractivity contribution is 0.0448. The van der Waals surface area contributed by atoms with Gasteiger partial charge in [-0.15, -0.1) is 0 Å². The highest BCUT2D eigenvalue weighted by Crippen LogP contribution is 2.43. The topological polar surface area (TPSA) is 51.2 Å². The van der Waals surface area contributed by atoms with E-state index in [1.807, 2.05) is 30.3 Å². The number of hydrogen-bond donors (Lipinski definition) is 0. The van der Waals surface area contributed by atoms with Crippen molar-refractivity contribution in [2.75, 3.05) is 51.3 Å². The van der Waals surface area contributed by atoms with E-state index in [-0.39, 0.29) is 11.4 Å². The van der Waals surface area contributed by atoms with Crippen LogP contribution >= 0.6 is 0 Å². The first-order valence-corrected chi connectivity index (χ1v) is 12.3.